The molecule has 12 heteroatoms. The van der Waals surface area contributed by atoms with Gasteiger partial charge in [-0.1, -0.05) is 41.7 Å². The molecule has 0 radical (unpaired) electrons. The second-order valence-corrected chi connectivity index (χ2v) is 9.44. The first kappa shape index (κ1) is 22.6. The summed E-state index contributed by atoms with van der Waals surface area (Å²) in [5, 5.41) is 3.42. The summed E-state index contributed by atoms with van der Waals surface area (Å²) in [6.07, 6.45) is -2.64. The summed E-state index contributed by atoms with van der Waals surface area (Å²) >= 11 is 1.12. The van der Waals surface area contributed by atoms with Crippen LogP contribution in [0.1, 0.15) is 31.2 Å². The summed E-state index contributed by atoms with van der Waals surface area (Å²) in [7, 11) is 0. The minimum Gasteiger partial charge on any atom is -0.350 e. The molecule has 3 aromatic rings. The van der Waals surface area contributed by atoms with E-state index < -0.39 is 23.8 Å². The minimum atomic E-state index is -4.40. The summed E-state index contributed by atoms with van der Waals surface area (Å²) in [4.78, 5) is 39.9. The molecule has 8 nitrogen and oxygen atoms in total. The van der Waals surface area contributed by atoms with Crippen LogP contribution < -0.4 is 20.7 Å². The van der Waals surface area contributed by atoms with Gasteiger partial charge in [-0.25, -0.2) is 9.97 Å². The van der Waals surface area contributed by atoms with E-state index >= 15 is 0 Å². The van der Waals surface area contributed by atoms with Gasteiger partial charge >= 0.3 is 6.18 Å². The molecule has 180 valence electrons. The summed E-state index contributed by atoms with van der Waals surface area (Å²) in [5.41, 5.74) is 0.476. The van der Waals surface area contributed by atoms with Crippen LogP contribution in [0.5, 0.6) is 0 Å². The predicted octanol–water partition coefficient (Wildman–Crippen LogP) is 3.20. The van der Waals surface area contributed by atoms with Gasteiger partial charge in [0.25, 0.3) is 5.56 Å². The Morgan fingerprint density at radius 3 is 2.62 bits per heavy atom. The van der Waals surface area contributed by atoms with E-state index in [0.29, 0.717) is 31.1 Å². The Balaban J connectivity index is 1.38. The largest absolute Gasteiger partial charge is 0.408 e. The molecule has 0 spiro atoms. The van der Waals surface area contributed by atoms with Crippen molar-refractivity contribution in [3.05, 3.63) is 46.2 Å². The molecule has 5 rings (SSSR count). The SMILES string of the molecule is O=C(NCc1ccccc1)C1CCCN1c1nc2c(=O)[nH]c(N3CCCC3C(F)(F)F)nc2s1. The van der Waals surface area contributed by atoms with Gasteiger partial charge in [-0.2, -0.15) is 13.2 Å². The fourth-order valence-corrected chi connectivity index (χ4v) is 5.61. The van der Waals surface area contributed by atoms with Crippen LogP contribution in [-0.2, 0) is 11.3 Å². The number of halogens is 3. The summed E-state index contributed by atoms with van der Waals surface area (Å²) in [6.45, 7) is 1.17. The molecule has 0 bridgehead atoms. The molecule has 2 aliphatic heterocycles. The highest BCUT2D eigenvalue weighted by Crippen LogP contribution is 2.36. The monoisotopic (exact) mass is 492 g/mol. The predicted molar refractivity (Wildman–Crippen MR) is 123 cm³/mol. The first-order valence-corrected chi connectivity index (χ1v) is 12.0. The Kier molecular flexibility index (Phi) is 5.92. The molecular formula is C22H23F3N6O2S. The van der Waals surface area contributed by atoms with E-state index in [9.17, 15) is 22.8 Å². The maximum absolute atomic E-state index is 13.4. The highest BCUT2D eigenvalue weighted by Gasteiger charge is 2.47. The van der Waals surface area contributed by atoms with Gasteiger partial charge in [-0.05, 0) is 31.2 Å². The molecule has 2 aliphatic rings. The number of hydrogen-bond donors (Lipinski definition) is 2. The second-order valence-electron chi connectivity index (χ2n) is 8.49. The van der Waals surface area contributed by atoms with Gasteiger partial charge in [0.1, 0.15) is 12.1 Å². The molecule has 1 aromatic carbocycles. The van der Waals surface area contributed by atoms with Crippen LogP contribution in [0.15, 0.2) is 35.1 Å². The van der Waals surface area contributed by atoms with E-state index in [2.05, 4.69) is 20.3 Å². The lowest BCUT2D eigenvalue weighted by molar-refractivity contribution is -0.146. The van der Waals surface area contributed by atoms with Crippen molar-refractivity contribution in [2.45, 2.75) is 50.5 Å². The van der Waals surface area contributed by atoms with Gasteiger partial charge < -0.3 is 15.1 Å². The number of carbonyl (C=O) groups excluding carboxylic acids is 1. The molecule has 0 saturated carbocycles. The fourth-order valence-electron chi connectivity index (χ4n) is 4.60. The van der Waals surface area contributed by atoms with Crippen LogP contribution in [0.4, 0.5) is 24.3 Å². The number of fused-ring (bicyclic) bond motifs is 1. The maximum atomic E-state index is 13.4. The summed E-state index contributed by atoms with van der Waals surface area (Å²) < 4.78 is 40.2. The van der Waals surface area contributed by atoms with Gasteiger partial charge in [0.15, 0.2) is 15.5 Å². The fraction of sp³-hybridized carbons (Fsp3) is 0.455. The van der Waals surface area contributed by atoms with Crippen molar-refractivity contribution in [1.82, 2.24) is 20.3 Å². The molecule has 34 heavy (non-hydrogen) atoms. The Hall–Kier alpha value is -3.15. The zero-order chi connectivity index (χ0) is 23.9. The van der Waals surface area contributed by atoms with Crippen LogP contribution in [0.2, 0.25) is 0 Å². The summed E-state index contributed by atoms with van der Waals surface area (Å²) in [6, 6.07) is 7.47. The quantitative estimate of drug-likeness (QED) is 0.568. The van der Waals surface area contributed by atoms with Crippen molar-refractivity contribution in [2.24, 2.45) is 0 Å². The molecular weight excluding hydrogens is 469 g/mol. The third-order valence-corrected chi connectivity index (χ3v) is 7.25. The van der Waals surface area contributed by atoms with E-state index in [4.69, 9.17) is 0 Å². The smallest absolute Gasteiger partial charge is 0.350 e. The van der Waals surface area contributed by atoms with Gasteiger partial charge in [0, 0.05) is 19.6 Å². The van der Waals surface area contributed by atoms with Gasteiger partial charge in [0.05, 0.1) is 0 Å². The van der Waals surface area contributed by atoms with Crippen LogP contribution in [-0.4, -0.2) is 52.2 Å². The lowest BCUT2D eigenvalue weighted by Gasteiger charge is -2.26. The number of aromatic amines is 1. The van der Waals surface area contributed by atoms with Crippen LogP contribution in [0.25, 0.3) is 10.3 Å². The number of rotatable bonds is 5. The topological polar surface area (TPSA) is 94.2 Å². The third kappa shape index (κ3) is 4.33. The molecule has 2 aromatic heterocycles. The highest BCUT2D eigenvalue weighted by molar-refractivity contribution is 7.21. The first-order chi connectivity index (χ1) is 16.3. The number of nitrogens with one attached hydrogen (secondary N) is 2. The summed E-state index contributed by atoms with van der Waals surface area (Å²) in [5.74, 6) is -0.223. The molecule has 2 unspecified atom stereocenters. The molecule has 4 heterocycles. The second kappa shape index (κ2) is 8.90. The molecule has 0 aliphatic carbocycles. The van der Waals surface area contributed by atoms with Crippen molar-refractivity contribution < 1.29 is 18.0 Å². The average molecular weight is 493 g/mol. The first-order valence-electron chi connectivity index (χ1n) is 11.1. The van der Waals surface area contributed by atoms with Crippen molar-refractivity contribution in [3.8, 4) is 0 Å². The zero-order valence-electron chi connectivity index (χ0n) is 18.1. The Morgan fingerprint density at radius 2 is 1.85 bits per heavy atom. The maximum Gasteiger partial charge on any atom is 0.408 e. The molecule has 2 saturated heterocycles. The minimum absolute atomic E-state index is 0.0350. The molecule has 1 amide bonds. The number of alkyl halides is 3. The van der Waals surface area contributed by atoms with Crippen molar-refractivity contribution in [3.63, 3.8) is 0 Å². The number of thiazole rings is 1. The van der Waals surface area contributed by atoms with Crippen LogP contribution >= 0.6 is 11.3 Å². The van der Waals surface area contributed by atoms with Crippen molar-refractivity contribution in [2.75, 3.05) is 22.9 Å². The number of H-pyrrole nitrogens is 1. The van der Waals surface area contributed by atoms with E-state index in [-0.39, 0.29) is 35.2 Å². The standard InChI is InChI=1S/C22H23F3N6O2S/c23-22(24,25)15-9-5-11-31(15)20-28-18(33)16-19(29-20)34-21(27-16)30-10-4-8-14(30)17(32)26-12-13-6-2-1-3-7-13/h1-3,6-7,14-15H,4-5,8-12H2,(H,26,32)(H,28,29,33). The lowest BCUT2D eigenvalue weighted by atomic mass is 10.2. The number of carbonyl (C=O) groups is 1. The lowest BCUT2D eigenvalue weighted by Crippen LogP contribution is -2.43. The van der Waals surface area contributed by atoms with Crippen LogP contribution in [0.3, 0.4) is 0 Å². The van der Waals surface area contributed by atoms with Crippen molar-refractivity contribution >= 4 is 38.7 Å². The number of hydrogen-bond acceptors (Lipinski definition) is 7. The van der Waals surface area contributed by atoms with Crippen molar-refractivity contribution in [1.29, 1.82) is 0 Å². The molecule has 2 atom stereocenters. The molecule has 2 fully saturated rings. The number of amides is 1. The molecule has 2 N–H and O–H groups in total. The Morgan fingerprint density at radius 1 is 1.12 bits per heavy atom. The van der Waals surface area contributed by atoms with E-state index in [0.717, 1.165) is 28.2 Å². The third-order valence-electron chi connectivity index (χ3n) is 6.26. The average Bonchev–Trinajstić information content (AvgIpc) is 3.56. The van der Waals surface area contributed by atoms with E-state index in [1.165, 1.54) is 0 Å². The van der Waals surface area contributed by atoms with Gasteiger partial charge in [-0.15, -0.1) is 0 Å². The zero-order valence-corrected chi connectivity index (χ0v) is 19.0. The number of aromatic nitrogens is 3. The number of anilines is 2. The Labute approximate surface area is 196 Å². The van der Waals surface area contributed by atoms with E-state index in [1.54, 1.807) is 0 Å². The van der Waals surface area contributed by atoms with E-state index in [1.807, 2.05) is 35.2 Å². The highest BCUT2D eigenvalue weighted by atomic mass is 32.1. The number of benzene rings is 1. The number of nitrogens with zero attached hydrogens (tertiary/aromatic N) is 4. The Bertz CT molecular complexity index is 1240. The van der Waals surface area contributed by atoms with Gasteiger partial charge in [0.2, 0.25) is 11.9 Å². The van der Waals surface area contributed by atoms with Gasteiger partial charge in [-0.3, -0.25) is 14.6 Å². The normalized spacial score (nSPS) is 20.9. The van der Waals surface area contributed by atoms with Crippen LogP contribution in [0, 0.1) is 0 Å².